The van der Waals surface area contributed by atoms with Gasteiger partial charge in [-0.1, -0.05) is 0 Å². The summed E-state index contributed by atoms with van der Waals surface area (Å²) in [5, 5.41) is 10.4. The zero-order valence-electron chi connectivity index (χ0n) is 7.19. The molecule has 0 unspecified atom stereocenters. The van der Waals surface area contributed by atoms with Gasteiger partial charge in [-0.3, -0.25) is 0 Å². The largest absolute Gasteiger partial charge is 0.465 e. The number of esters is 1. The van der Waals surface area contributed by atoms with Crippen molar-refractivity contribution in [2.45, 2.75) is 6.04 Å². The first-order valence-corrected chi connectivity index (χ1v) is 4.60. The van der Waals surface area contributed by atoms with Crippen LogP contribution in [-0.2, 0) is 4.74 Å². The third kappa shape index (κ3) is 2.27. The molecule has 0 amide bonds. The van der Waals surface area contributed by atoms with E-state index in [0.29, 0.717) is 5.56 Å². The Morgan fingerprint density at radius 1 is 1.85 bits per heavy atom. The Bertz CT molecular complexity index is 297. The highest BCUT2D eigenvalue weighted by Gasteiger charge is 2.12. The molecule has 72 valence electrons. The number of hydrogen-bond donors (Lipinski definition) is 2. The highest BCUT2D eigenvalue weighted by atomic mass is 32.1. The van der Waals surface area contributed by atoms with Crippen molar-refractivity contribution in [3.05, 3.63) is 21.9 Å². The normalized spacial score (nSPS) is 12.5. The lowest BCUT2D eigenvalue weighted by Gasteiger charge is -2.02. The fourth-order valence-electron chi connectivity index (χ4n) is 0.862. The van der Waals surface area contributed by atoms with Crippen molar-refractivity contribution in [3.8, 4) is 0 Å². The van der Waals surface area contributed by atoms with Crippen LogP contribution in [0.15, 0.2) is 11.4 Å². The first-order valence-electron chi connectivity index (χ1n) is 3.72. The molecule has 0 saturated heterocycles. The van der Waals surface area contributed by atoms with Crippen LogP contribution in [0.4, 0.5) is 0 Å². The van der Waals surface area contributed by atoms with Crippen molar-refractivity contribution in [2.75, 3.05) is 13.7 Å². The summed E-state index contributed by atoms with van der Waals surface area (Å²) in [6.45, 7) is -0.124. The maximum absolute atomic E-state index is 11.0. The first-order chi connectivity index (χ1) is 6.19. The molecule has 0 aliphatic rings. The summed E-state index contributed by atoms with van der Waals surface area (Å²) in [5.41, 5.74) is 6.04. The Labute approximate surface area is 79.9 Å². The van der Waals surface area contributed by atoms with Gasteiger partial charge in [0.15, 0.2) is 0 Å². The molecule has 0 radical (unpaired) electrons. The van der Waals surface area contributed by atoms with Crippen molar-refractivity contribution in [3.63, 3.8) is 0 Å². The van der Waals surface area contributed by atoms with Crippen molar-refractivity contribution in [1.82, 2.24) is 0 Å². The molecule has 5 heteroatoms. The van der Waals surface area contributed by atoms with Crippen molar-refractivity contribution in [2.24, 2.45) is 5.73 Å². The van der Waals surface area contributed by atoms with Gasteiger partial charge in [0.2, 0.25) is 0 Å². The van der Waals surface area contributed by atoms with E-state index in [1.807, 2.05) is 0 Å². The molecule has 1 heterocycles. The molecule has 0 bridgehead atoms. The van der Waals surface area contributed by atoms with Crippen LogP contribution in [0.2, 0.25) is 0 Å². The second-order valence-electron chi connectivity index (χ2n) is 2.52. The number of nitrogens with two attached hydrogens (primary N) is 1. The summed E-state index contributed by atoms with van der Waals surface area (Å²) in [7, 11) is 1.33. The average Bonchev–Trinajstić information content (AvgIpc) is 2.64. The first kappa shape index (κ1) is 10.2. The summed E-state index contributed by atoms with van der Waals surface area (Å²) < 4.78 is 4.53. The lowest BCUT2D eigenvalue weighted by atomic mass is 10.2. The quantitative estimate of drug-likeness (QED) is 0.699. The number of hydrogen-bond acceptors (Lipinski definition) is 5. The monoisotopic (exact) mass is 201 g/mol. The van der Waals surface area contributed by atoms with Gasteiger partial charge < -0.3 is 15.6 Å². The van der Waals surface area contributed by atoms with Crippen molar-refractivity contribution >= 4 is 17.3 Å². The van der Waals surface area contributed by atoms with Gasteiger partial charge in [-0.2, -0.15) is 0 Å². The molecule has 1 aromatic heterocycles. The molecule has 0 aromatic carbocycles. The van der Waals surface area contributed by atoms with Gasteiger partial charge >= 0.3 is 5.97 Å². The predicted molar refractivity (Wildman–Crippen MR) is 49.7 cm³/mol. The molecule has 4 nitrogen and oxygen atoms in total. The Morgan fingerprint density at radius 2 is 2.54 bits per heavy atom. The Kier molecular flexibility index (Phi) is 3.41. The number of rotatable bonds is 3. The minimum Gasteiger partial charge on any atom is -0.465 e. The van der Waals surface area contributed by atoms with Crippen LogP contribution < -0.4 is 5.73 Å². The number of aliphatic hydroxyl groups excluding tert-OH is 1. The van der Waals surface area contributed by atoms with Gasteiger partial charge in [-0.25, -0.2) is 4.79 Å². The van der Waals surface area contributed by atoms with Crippen LogP contribution in [0, 0.1) is 0 Å². The molecule has 1 rings (SSSR count). The van der Waals surface area contributed by atoms with E-state index in [1.165, 1.54) is 18.4 Å². The Balaban J connectivity index is 2.80. The number of carbonyl (C=O) groups excluding carboxylic acids is 1. The van der Waals surface area contributed by atoms with Crippen molar-refractivity contribution in [1.29, 1.82) is 0 Å². The smallest absolute Gasteiger partial charge is 0.338 e. The fraction of sp³-hybridized carbons (Fsp3) is 0.375. The highest BCUT2D eigenvalue weighted by Crippen LogP contribution is 2.20. The zero-order valence-corrected chi connectivity index (χ0v) is 8.00. The highest BCUT2D eigenvalue weighted by molar-refractivity contribution is 7.10. The third-order valence-corrected chi connectivity index (χ3v) is 2.67. The average molecular weight is 201 g/mol. The summed E-state index contributed by atoms with van der Waals surface area (Å²) >= 11 is 1.34. The van der Waals surface area contributed by atoms with E-state index in [4.69, 9.17) is 10.8 Å². The minimum absolute atomic E-state index is 0.124. The van der Waals surface area contributed by atoms with E-state index in [9.17, 15) is 4.79 Å². The number of thiophene rings is 1. The molecule has 1 aromatic rings. The number of methoxy groups -OCH3 is 1. The molecule has 0 saturated carbocycles. The predicted octanol–water partition coefficient (Wildman–Crippen LogP) is 0.527. The third-order valence-electron chi connectivity index (χ3n) is 1.60. The summed E-state index contributed by atoms with van der Waals surface area (Å²) in [6.07, 6.45) is 0. The maximum atomic E-state index is 11.0. The van der Waals surface area contributed by atoms with Gasteiger partial charge in [0, 0.05) is 10.3 Å². The van der Waals surface area contributed by atoms with Gasteiger partial charge in [0.1, 0.15) is 0 Å². The van der Waals surface area contributed by atoms with E-state index in [1.54, 1.807) is 11.4 Å². The van der Waals surface area contributed by atoms with Crippen LogP contribution in [-0.4, -0.2) is 24.8 Å². The maximum Gasteiger partial charge on any atom is 0.338 e. The number of carbonyl (C=O) groups is 1. The fourth-order valence-corrected chi connectivity index (χ4v) is 1.73. The SMILES string of the molecule is COC(=O)c1csc([C@@H](N)CO)c1. The van der Waals surface area contributed by atoms with E-state index in [2.05, 4.69) is 4.74 Å². The lowest BCUT2D eigenvalue weighted by Crippen LogP contribution is -2.12. The molecule has 0 aliphatic heterocycles. The Hall–Kier alpha value is -0.910. The minimum atomic E-state index is -0.414. The van der Waals surface area contributed by atoms with Gasteiger partial charge in [0.25, 0.3) is 0 Å². The summed E-state index contributed by atoms with van der Waals surface area (Å²) in [4.78, 5) is 11.8. The summed E-state index contributed by atoms with van der Waals surface area (Å²) in [5.74, 6) is -0.382. The van der Waals surface area contributed by atoms with Crippen LogP contribution in [0.5, 0.6) is 0 Å². The second kappa shape index (κ2) is 4.36. The molecule has 0 fully saturated rings. The van der Waals surface area contributed by atoms with E-state index < -0.39 is 6.04 Å². The van der Waals surface area contributed by atoms with E-state index in [-0.39, 0.29) is 12.6 Å². The molecule has 0 spiro atoms. The molecular formula is C8H11NO3S. The Morgan fingerprint density at radius 3 is 3.08 bits per heavy atom. The topological polar surface area (TPSA) is 72.5 Å². The zero-order chi connectivity index (χ0) is 9.84. The lowest BCUT2D eigenvalue weighted by molar-refractivity contribution is 0.0601. The number of aliphatic hydroxyl groups is 1. The molecule has 0 aliphatic carbocycles. The van der Waals surface area contributed by atoms with E-state index >= 15 is 0 Å². The standard InChI is InChI=1S/C8H11NO3S/c1-12-8(11)5-2-7(13-4-5)6(9)3-10/h2,4,6,10H,3,9H2,1H3/t6-/m0/s1. The summed E-state index contributed by atoms with van der Waals surface area (Å²) in [6, 6.07) is 1.22. The molecular weight excluding hydrogens is 190 g/mol. The van der Waals surface area contributed by atoms with Crippen LogP contribution in [0.25, 0.3) is 0 Å². The van der Waals surface area contributed by atoms with Crippen molar-refractivity contribution < 1.29 is 14.6 Å². The number of ether oxygens (including phenoxy) is 1. The van der Waals surface area contributed by atoms with E-state index in [0.717, 1.165) is 4.88 Å². The van der Waals surface area contributed by atoms with Crippen LogP contribution in [0.3, 0.4) is 0 Å². The molecule has 1 atom stereocenters. The second-order valence-corrected chi connectivity index (χ2v) is 3.46. The van der Waals surface area contributed by atoms with Gasteiger partial charge in [0.05, 0.1) is 25.3 Å². The molecule has 3 N–H and O–H groups in total. The van der Waals surface area contributed by atoms with Gasteiger partial charge in [-0.15, -0.1) is 11.3 Å². The van der Waals surface area contributed by atoms with Gasteiger partial charge in [-0.05, 0) is 6.07 Å². The van der Waals surface area contributed by atoms with Crippen LogP contribution >= 0.6 is 11.3 Å². The molecule has 13 heavy (non-hydrogen) atoms. The van der Waals surface area contributed by atoms with Crippen LogP contribution in [0.1, 0.15) is 21.3 Å².